The Morgan fingerprint density at radius 1 is 1.13 bits per heavy atom. The molecular weight excluding hydrogens is 188 g/mol. The minimum Gasteiger partial charge on any atom is -0.379 e. The quantitative estimate of drug-likeness (QED) is 0.751. The lowest BCUT2D eigenvalue weighted by molar-refractivity contribution is 0.0549. The third-order valence-corrected chi connectivity index (χ3v) is 3.81. The predicted molar refractivity (Wildman–Crippen MR) is 58.1 cm³/mol. The summed E-state index contributed by atoms with van der Waals surface area (Å²) in [6, 6.07) is 2.25. The van der Waals surface area contributed by atoms with Gasteiger partial charge in [0.15, 0.2) is 0 Å². The molecule has 0 spiro atoms. The first-order chi connectivity index (χ1) is 7.18. The van der Waals surface area contributed by atoms with Gasteiger partial charge in [-0.05, 0) is 25.7 Å². The normalized spacial score (nSPS) is 26.1. The lowest BCUT2D eigenvalue weighted by Crippen LogP contribution is -2.42. The van der Waals surface area contributed by atoms with Crippen molar-refractivity contribution in [3.05, 3.63) is 0 Å². The van der Waals surface area contributed by atoms with Gasteiger partial charge in [0.25, 0.3) is 0 Å². The highest BCUT2D eigenvalue weighted by Crippen LogP contribution is 2.48. The van der Waals surface area contributed by atoms with Crippen molar-refractivity contribution in [2.24, 2.45) is 11.1 Å². The van der Waals surface area contributed by atoms with E-state index in [2.05, 4.69) is 6.07 Å². The summed E-state index contributed by atoms with van der Waals surface area (Å²) in [7, 11) is 0. The molecule has 0 aromatic heterocycles. The van der Waals surface area contributed by atoms with E-state index in [4.69, 9.17) is 15.7 Å². The summed E-state index contributed by atoms with van der Waals surface area (Å²) in [5, 5.41) is 8.67. The maximum atomic E-state index is 8.67. The maximum Gasteiger partial charge on any atom is 0.0646 e. The summed E-state index contributed by atoms with van der Waals surface area (Å²) in [6.07, 6.45) is 7.61. The number of hydrogen-bond acceptors (Lipinski definition) is 3. The van der Waals surface area contributed by atoms with Crippen LogP contribution in [0.25, 0.3) is 0 Å². The van der Waals surface area contributed by atoms with E-state index in [0.717, 1.165) is 32.3 Å². The van der Waals surface area contributed by atoms with Gasteiger partial charge in [0.05, 0.1) is 19.3 Å². The van der Waals surface area contributed by atoms with Gasteiger partial charge in [0.1, 0.15) is 0 Å². The molecule has 0 radical (unpaired) electrons. The zero-order chi connectivity index (χ0) is 10.8. The number of rotatable bonds is 5. The molecule has 0 unspecified atom stereocenters. The molecule has 0 aromatic carbocycles. The van der Waals surface area contributed by atoms with Crippen molar-refractivity contribution in [3.63, 3.8) is 0 Å². The van der Waals surface area contributed by atoms with Crippen molar-refractivity contribution in [1.29, 1.82) is 5.26 Å². The zero-order valence-corrected chi connectivity index (χ0v) is 9.30. The molecule has 0 heterocycles. The first-order valence-electron chi connectivity index (χ1n) is 5.92. The van der Waals surface area contributed by atoms with Crippen LogP contribution in [0, 0.1) is 16.7 Å². The molecule has 15 heavy (non-hydrogen) atoms. The molecule has 0 aromatic rings. The first kappa shape index (κ1) is 10.9. The average Bonchev–Trinajstić information content (AvgIpc) is 2.81. The van der Waals surface area contributed by atoms with Crippen LogP contribution in [0.15, 0.2) is 0 Å². The summed E-state index contributed by atoms with van der Waals surface area (Å²) >= 11 is 0. The number of nitrogens with zero attached hydrogens (tertiary/aromatic N) is 1. The summed E-state index contributed by atoms with van der Waals surface area (Å²) in [5.41, 5.74) is 6.32. The standard InChI is InChI=1S/C12H20N2O/c13-8-7-11(5-6-11)9-15-10-12(14)3-1-2-4-12/h1-7,9-10,14H2. The van der Waals surface area contributed by atoms with Crippen LogP contribution in [-0.2, 0) is 4.74 Å². The van der Waals surface area contributed by atoms with Gasteiger partial charge in [0, 0.05) is 17.4 Å². The maximum absolute atomic E-state index is 8.67. The number of ether oxygens (including phenoxy) is 1. The second-order valence-electron chi connectivity index (χ2n) is 5.40. The molecule has 0 saturated heterocycles. The Morgan fingerprint density at radius 3 is 2.33 bits per heavy atom. The SMILES string of the molecule is N#CCC1(COCC2(N)CCCC2)CC1. The van der Waals surface area contributed by atoms with Crippen molar-refractivity contribution >= 4 is 0 Å². The van der Waals surface area contributed by atoms with Crippen LogP contribution in [0.4, 0.5) is 0 Å². The van der Waals surface area contributed by atoms with E-state index in [0.29, 0.717) is 13.0 Å². The van der Waals surface area contributed by atoms with Gasteiger partial charge in [-0.25, -0.2) is 0 Å². The Morgan fingerprint density at radius 2 is 1.80 bits per heavy atom. The molecule has 2 aliphatic carbocycles. The fraction of sp³-hybridized carbons (Fsp3) is 0.917. The molecule has 2 saturated carbocycles. The van der Waals surface area contributed by atoms with E-state index in [1.807, 2.05) is 0 Å². The van der Waals surface area contributed by atoms with Gasteiger partial charge >= 0.3 is 0 Å². The molecule has 0 aliphatic heterocycles. The smallest absolute Gasteiger partial charge is 0.0646 e. The van der Waals surface area contributed by atoms with Gasteiger partial charge in [-0.3, -0.25) is 0 Å². The molecule has 0 bridgehead atoms. The summed E-state index contributed by atoms with van der Waals surface area (Å²) < 4.78 is 5.72. The summed E-state index contributed by atoms with van der Waals surface area (Å²) in [5.74, 6) is 0. The van der Waals surface area contributed by atoms with Crippen molar-refractivity contribution in [2.75, 3.05) is 13.2 Å². The van der Waals surface area contributed by atoms with E-state index in [1.54, 1.807) is 0 Å². The second kappa shape index (κ2) is 4.11. The number of nitrogens with two attached hydrogens (primary N) is 1. The minimum absolute atomic E-state index is 0.0667. The topological polar surface area (TPSA) is 59.0 Å². The van der Waals surface area contributed by atoms with Crippen LogP contribution in [-0.4, -0.2) is 18.8 Å². The largest absolute Gasteiger partial charge is 0.379 e. The predicted octanol–water partition coefficient (Wildman–Crippen LogP) is 1.97. The van der Waals surface area contributed by atoms with Crippen LogP contribution in [0.2, 0.25) is 0 Å². The highest BCUT2D eigenvalue weighted by molar-refractivity contribution is 4.99. The number of nitriles is 1. The third kappa shape index (κ3) is 2.70. The van der Waals surface area contributed by atoms with E-state index in [-0.39, 0.29) is 11.0 Å². The monoisotopic (exact) mass is 208 g/mol. The van der Waals surface area contributed by atoms with E-state index in [1.165, 1.54) is 12.8 Å². The Labute approximate surface area is 91.6 Å². The Kier molecular flexibility index (Phi) is 2.99. The highest BCUT2D eigenvalue weighted by atomic mass is 16.5. The second-order valence-corrected chi connectivity index (χ2v) is 5.40. The third-order valence-electron chi connectivity index (χ3n) is 3.81. The van der Waals surface area contributed by atoms with E-state index >= 15 is 0 Å². The van der Waals surface area contributed by atoms with Gasteiger partial charge in [0.2, 0.25) is 0 Å². The average molecular weight is 208 g/mol. The lowest BCUT2D eigenvalue weighted by atomic mass is 10.0. The molecule has 3 heteroatoms. The first-order valence-corrected chi connectivity index (χ1v) is 5.92. The molecule has 3 nitrogen and oxygen atoms in total. The molecule has 0 amide bonds. The van der Waals surface area contributed by atoms with Crippen molar-refractivity contribution < 1.29 is 4.74 Å². The Balaban J connectivity index is 1.69. The van der Waals surface area contributed by atoms with Gasteiger partial charge in [-0.15, -0.1) is 0 Å². The molecule has 0 atom stereocenters. The number of hydrogen-bond donors (Lipinski definition) is 1. The molecule has 2 rings (SSSR count). The van der Waals surface area contributed by atoms with Crippen LogP contribution >= 0.6 is 0 Å². The van der Waals surface area contributed by atoms with Crippen LogP contribution in [0.1, 0.15) is 44.9 Å². The highest BCUT2D eigenvalue weighted by Gasteiger charge is 2.43. The van der Waals surface area contributed by atoms with Gasteiger partial charge in [-0.2, -0.15) is 5.26 Å². The molecular formula is C12H20N2O. The summed E-state index contributed by atoms with van der Waals surface area (Å²) in [6.45, 7) is 1.42. The minimum atomic E-state index is -0.0667. The van der Waals surface area contributed by atoms with Crippen molar-refractivity contribution in [1.82, 2.24) is 0 Å². The Bertz CT molecular complexity index is 259. The van der Waals surface area contributed by atoms with Crippen molar-refractivity contribution in [2.45, 2.75) is 50.5 Å². The van der Waals surface area contributed by atoms with Crippen LogP contribution in [0.3, 0.4) is 0 Å². The zero-order valence-electron chi connectivity index (χ0n) is 9.30. The molecule has 84 valence electrons. The lowest BCUT2D eigenvalue weighted by Gasteiger charge is -2.24. The van der Waals surface area contributed by atoms with Crippen molar-refractivity contribution in [3.8, 4) is 6.07 Å². The van der Waals surface area contributed by atoms with Crippen LogP contribution in [0.5, 0.6) is 0 Å². The Hall–Kier alpha value is -0.590. The fourth-order valence-electron chi connectivity index (χ4n) is 2.41. The van der Waals surface area contributed by atoms with Gasteiger partial charge < -0.3 is 10.5 Å². The van der Waals surface area contributed by atoms with Gasteiger partial charge in [-0.1, -0.05) is 12.8 Å². The molecule has 2 fully saturated rings. The van der Waals surface area contributed by atoms with Crippen LogP contribution < -0.4 is 5.73 Å². The summed E-state index contributed by atoms with van der Waals surface area (Å²) in [4.78, 5) is 0. The van der Waals surface area contributed by atoms with E-state index < -0.39 is 0 Å². The molecule has 2 N–H and O–H groups in total. The van der Waals surface area contributed by atoms with E-state index in [9.17, 15) is 0 Å². The molecule has 2 aliphatic rings. The fourth-order valence-corrected chi connectivity index (χ4v) is 2.41.